The number of hydrogen-bond acceptors (Lipinski definition) is 3. The molecular formula is C21H25F4N3O2. The standard InChI is InChI=1S/C21H25F4N3O2/c1-12-17(14-5-6-16(22)15(11-14)21(23,24)25)27-18(26-12)13-7-9-28(10-8-13)19(29)30-20(2,3)4/h5-6,11,13H,7-10H2,1-4H3,(H,26,27). The first kappa shape index (κ1) is 22.1. The summed E-state index contributed by atoms with van der Waals surface area (Å²) in [5.41, 5.74) is -0.695. The molecule has 164 valence electrons. The number of alkyl halides is 3. The van der Waals surface area contributed by atoms with Gasteiger partial charge in [-0.1, -0.05) is 0 Å². The number of carbonyl (C=O) groups excluding carboxylic acids is 1. The third kappa shape index (κ3) is 4.94. The number of ether oxygens (including phenoxy) is 1. The fourth-order valence-electron chi connectivity index (χ4n) is 3.51. The molecule has 1 aromatic heterocycles. The van der Waals surface area contributed by atoms with Gasteiger partial charge in [-0.05, 0) is 58.7 Å². The van der Waals surface area contributed by atoms with Crippen LogP contribution in [0.25, 0.3) is 11.3 Å². The summed E-state index contributed by atoms with van der Waals surface area (Å²) in [5, 5.41) is 0. The molecule has 0 saturated carbocycles. The van der Waals surface area contributed by atoms with Crippen molar-refractivity contribution < 1.29 is 27.1 Å². The number of piperidine rings is 1. The normalized spacial score (nSPS) is 16.1. The van der Waals surface area contributed by atoms with Crippen LogP contribution in [-0.2, 0) is 10.9 Å². The molecule has 0 aliphatic carbocycles. The van der Waals surface area contributed by atoms with E-state index in [0.717, 1.165) is 12.1 Å². The molecule has 1 amide bonds. The maximum Gasteiger partial charge on any atom is 0.419 e. The Hall–Kier alpha value is -2.58. The summed E-state index contributed by atoms with van der Waals surface area (Å²) in [6.07, 6.45) is -3.82. The van der Waals surface area contributed by atoms with Crippen molar-refractivity contribution in [2.24, 2.45) is 0 Å². The monoisotopic (exact) mass is 427 g/mol. The number of aromatic amines is 1. The van der Waals surface area contributed by atoms with Gasteiger partial charge in [-0.2, -0.15) is 13.2 Å². The smallest absolute Gasteiger partial charge is 0.419 e. The number of aromatic nitrogens is 2. The van der Waals surface area contributed by atoms with Crippen molar-refractivity contribution in [1.29, 1.82) is 0 Å². The molecule has 0 spiro atoms. The van der Waals surface area contributed by atoms with Crippen molar-refractivity contribution in [2.75, 3.05) is 13.1 Å². The summed E-state index contributed by atoms with van der Waals surface area (Å²) in [7, 11) is 0. The summed E-state index contributed by atoms with van der Waals surface area (Å²) in [4.78, 5) is 21.5. The SMILES string of the molecule is Cc1[nH]c(C2CCN(C(=O)OC(C)(C)C)CC2)nc1-c1ccc(F)c(C(F)(F)F)c1. The van der Waals surface area contributed by atoms with Gasteiger partial charge in [0.25, 0.3) is 0 Å². The minimum absolute atomic E-state index is 0.0404. The zero-order chi connectivity index (χ0) is 22.3. The van der Waals surface area contributed by atoms with Crippen molar-refractivity contribution in [3.05, 3.63) is 41.1 Å². The highest BCUT2D eigenvalue weighted by Gasteiger charge is 2.35. The number of carbonyl (C=O) groups is 1. The Morgan fingerprint density at radius 3 is 2.40 bits per heavy atom. The van der Waals surface area contributed by atoms with Gasteiger partial charge in [-0.25, -0.2) is 14.2 Å². The molecule has 0 radical (unpaired) electrons. The minimum Gasteiger partial charge on any atom is -0.444 e. The van der Waals surface area contributed by atoms with E-state index in [9.17, 15) is 22.4 Å². The number of benzene rings is 1. The molecular weight excluding hydrogens is 402 g/mol. The molecule has 2 aromatic rings. The lowest BCUT2D eigenvalue weighted by Gasteiger charge is -2.32. The van der Waals surface area contributed by atoms with Gasteiger partial charge in [-0.15, -0.1) is 0 Å². The number of nitrogens with zero attached hydrogens (tertiary/aromatic N) is 2. The molecule has 0 bridgehead atoms. The minimum atomic E-state index is -4.78. The fourth-order valence-corrected chi connectivity index (χ4v) is 3.51. The molecule has 1 saturated heterocycles. The second-order valence-electron chi connectivity index (χ2n) is 8.53. The van der Waals surface area contributed by atoms with Crippen LogP contribution in [0.15, 0.2) is 18.2 Å². The summed E-state index contributed by atoms with van der Waals surface area (Å²) in [6.45, 7) is 8.16. The van der Waals surface area contributed by atoms with E-state index >= 15 is 0 Å². The van der Waals surface area contributed by atoms with E-state index < -0.39 is 23.2 Å². The van der Waals surface area contributed by atoms with Crippen LogP contribution in [0.2, 0.25) is 0 Å². The number of nitrogens with one attached hydrogen (secondary N) is 1. The quantitative estimate of drug-likeness (QED) is 0.630. The molecule has 0 unspecified atom stereocenters. The molecule has 1 N–H and O–H groups in total. The summed E-state index contributed by atoms with van der Waals surface area (Å²) in [5.74, 6) is -0.614. The fraction of sp³-hybridized carbons (Fsp3) is 0.524. The highest BCUT2D eigenvalue weighted by molar-refractivity contribution is 5.68. The lowest BCUT2D eigenvalue weighted by molar-refractivity contribution is -0.139. The first-order valence-corrected chi connectivity index (χ1v) is 9.76. The molecule has 5 nitrogen and oxygen atoms in total. The summed E-state index contributed by atoms with van der Waals surface area (Å²) < 4.78 is 58.1. The Kier molecular flexibility index (Phi) is 5.84. The Morgan fingerprint density at radius 1 is 1.20 bits per heavy atom. The van der Waals surface area contributed by atoms with Crippen LogP contribution < -0.4 is 0 Å². The van der Waals surface area contributed by atoms with Crippen molar-refractivity contribution in [3.8, 4) is 11.3 Å². The van der Waals surface area contributed by atoms with Crippen LogP contribution in [0.3, 0.4) is 0 Å². The first-order chi connectivity index (χ1) is 13.8. The average molecular weight is 427 g/mol. The van der Waals surface area contributed by atoms with Gasteiger partial charge in [0.15, 0.2) is 0 Å². The summed E-state index contributed by atoms with van der Waals surface area (Å²) in [6, 6.07) is 2.89. The van der Waals surface area contributed by atoms with Gasteiger partial charge in [0.05, 0.1) is 11.3 Å². The molecule has 1 fully saturated rings. The second kappa shape index (κ2) is 7.92. The number of amides is 1. The number of halogens is 4. The van der Waals surface area contributed by atoms with Crippen molar-refractivity contribution in [1.82, 2.24) is 14.9 Å². The third-order valence-electron chi connectivity index (χ3n) is 4.98. The van der Waals surface area contributed by atoms with Crippen molar-refractivity contribution in [2.45, 2.75) is 58.2 Å². The number of likely N-dealkylation sites (tertiary alicyclic amines) is 1. The number of aryl methyl sites for hydroxylation is 1. The average Bonchev–Trinajstić information content (AvgIpc) is 3.01. The van der Waals surface area contributed by atoms with Crippen LogP contribution in [0.1, 0.15) is 56.6 Å². The van der Waals surface area contributed by atoms with Gasteiger partial charge < -0.3 is 14.6 Å². The van der Waals surface area contributed by atoms with Gasteiger partial charge >= 0.3 is 12.3 Å². The van der Waals surface area contributed by atoms with E-state index in [2.05, 4.69) is 9.97 Å². The number of imidazole rings is 1. The van der Waals surface area contributed by atoms with E-state index in [1.165, 1.54) is 6.07 Å². The molecule has 1 aliphatic rings. The highest BCUT2D eigenvalue weighted by Crippen LogP contribution is 2.35. The number of rotatable bonds is 2. The van der Waals surface area contributed by atoms with E-state index in [1.54, 1.807) is 11.8 Å². The zero-order valence-electron chi connectivity index (χ0n) is 17.4. The molecule has 2 heterocycles. The van der Waals surface area contributed by atoms with E-state index in [4.69, 9.17) is 4.74 Å². The van der Waals surface area contributed by atoms with Gasteiger partial charge in [-0.3, -0.25) is 0 Å². The first-order valence-electron chi connectivity index (χ1n) is 9.76. The Labute approximate surface area is 172 Å². The zero-order valence-corrected chi connectivity index (χ0v) is 17.4. The van der Waals surface area contributed by atoms with Crippen LogP contribution in [0.4, 0.5) is 22.4 Å². The van der Waals surface area contributed by atoms with Gasteiger partial charge in [0.2, 0.25) is 0 Å². The predicted molar refractivity (Wildman–Crippen MR) is 104 cm³/mol. The van der Waals surface area contributed by atoms with Gasteiger partial charge in [0.1, 0.15) is 17.2 Å². The molecule has 0 atom stereocenters. The maximum atomic E-state index is 13.6. The van der Waals surface area contributed by atoms with Gasteiger partial charge in [0, 0.05) is 30.3 Å². The number of hydrogen-bond donors (Lipinski definition) is 1. The Morgan fingerprint density at radius 2 is 1.83 bits per heavy atom. The van der Waals surface area contributed by atoms with E-state index in [0.29, 0.717) is 43.1 Å². The summed E-state index contributed by atoms with van der Waals surface area (Å²) >= 11 is 0. The lowest BCUT2D eigenvalue weighted by Crippen LogP contribution is -2.41. The molecule has 1 aromatic carbocycles. The van der Waals surface area contributed by atoms with Crippen LogP contribution >= 0.6 is 0 Å². The van der Waals surface area contributed by atoms with E-state index in [1.807, 2.05) is 20.8 Å². The largest absolute Gasteiger partial charge is 0.444 e. The maximum absolute atomic E-state index is 13.6. The molecule has 1 aliphatic heterocycles. The van der Waals surface area contributed by atoms with Crippen molar-refractivity contribution in [3.63, 3.8) is 0 Å². The number of H-pyrrole nitrogens is 1. The van der Waals surface area contributed by atoms with Crippen LogP contribution in [0, 0.1) is 12.7 Å². The van der Waals surface area contributed by atoms with Crippen LogP contribution in [0.5, 0.6) is 0 Å². The van der Waals surface area contributed by atoms with Crippen LogP contribution in [-0.4, -0.2) is 39.7 Å². The van der Waals surface area contributed by atoms with Crippen molar-refractivity contribution >= 4 is 6.09 Å². The second-order valence-corrected chi connectivity index (χ2v) is 8.53. The predicted octanol–water partition coefficient (Wildman–Crippen LogP) is 5.66. The highest BCUT2D eigenvalue weighted by atomic mass is 19.4. The topological polar surface area (TPSA) is 58.2 Å². The van der Waals surface area contributed by atoms with E-state index in [-0.39, 0.29) is 17.6 Å². The third-order valence-corrected chi connectivity index (χ3v) is 4.98. The Bertz CT molecular complexity index is 923. The Balaban J connectivity index is 1.74. The molecule has 9 heteroatoms. The lowest BCUT2D eigenvalue weighted by atomic mass is 9.96. The molecule has 30 heavy (non-hydrogen) atoms. The molecule has 3 rings (SSSR count).